The number of rotatable bonds is 5. The first-order valence-electron chi connectivity index (χ1n) is 9.03. The summed E-state index contributed by atoms with van der Waals surface area (Å²) >= 11 is 0. The zero-order valence-corrected chi connectivity index (χ0v) is 16.9. The lowest BCUT2D eigenvalue weighted by atomic mass is 9.97. The number of hydrogen-bond donors (Lipinski definition) is 1. The molecule has 1 aliphatic rings. The maximum absolute atomic E-state index is 13.0. The van der Waals surface area contributed by atoms with Crippen LogP contribution in [0.5, 0.6) is 5.75 Å². The molecule has 3 rings (SSSR count). The molecule has 1 amide bonds. The first-order valence-corrected chi connectivity index (χ1v) is 10.9. The van der Waals surface area contributed by atoms with Crippen molar-refractivity contribution in [3.05, 3.63) is 35.0 Å². The van der Waals surface area contributed by atoms with Gasteiger partial charge in [0.15, 0.2) is 9.84 Å². The van der Waals surface area contributed by atoms with E-state index in [0.29, 0.717) is 11.6 Å². The van der Waals surface area contributed by atoms with Crippen LogP contribution in [0.1, 0.15) is 48.3 Å². The van der Waals surface area contributed by atoms with Crippen molar-refractivity contribution in [3.63, 3.8) is 0 Å². The summed E-state index contributed by atoms with van der Waals surface area (Å²) in [6, 6.07) is 4.35. The second kappa shape index (κ2) is 7.34. The first kappa shape index (κ1) is 19.4. The lowest BCUT2D eigenvalue weighted by molar-refractivity contribution is 0.102. The Morgan fingerprint density at radius 3 is 2.63 bits per heavy atom. The third-order valence-corrected chi connectivity index (χ3v) is 5.65. The topological polar surface area (TPSA) is 90.3 Å². The number of carbonyl (C=O) groups excluding carboxylic acids is 1. The van der Waals surface area contributed by atoms with Gasteiger partial charge in [-0.15, -0.1) is 0 Å². The molecule has 1 heterocycles. The van der Waals surface area contributed by atoms with Crippen LogP contribution < -0.4 is 10.1 Å². The summed E-state index contributed by atoms with van der Waals surface area (Å²) < 4.78 is 31.2. The normalized spacial score (nSPS) is 14.1. The fraction of sp³-hybridized carbons (Fsp3) is 0.474. The molecule has 8 heteroatoms. The standard InChI is InChI=1S/C19H25N3O4S/c1-12(2)26-17-10-9-13(27(4,24)25)11-15(17)19(23)20-18-14-7-5-6-8-16(14)21-22(18)3/h9-12H,5-8H2,1-4H3,(H,20,23). The number of aryl methyl sites for hydroxylation is 2. The number of hydrogen-bond acceptors (Lipinski definition) is 5. The Kier molecular flexibility index (Phi) is 5.28. The van der Waals surface area contributed by atoms with E-state index in [1.54, 1.807) is 11.7 Å². The van der Waals surface area contributed by atoms with E-state index in [-0.39, 0.29) is 16.6 Å². The largest absolute Gasteiger partial charge is 0.490 e. The predicted octanol–water partition coefficient (Wildman–Crippen LogP) is 2.74. The number of benzene rings is 1. The average Bonchev–Trinajstić information content (AvgIpc) is 2.89. The molecule has 0 fully saturated rings. The molecule has 0 bridgehead atoms. The minimum atomic E-state index is -3.44. The monoisotopic (exact) mass is 391 g/mol. The van der Waals surface area contributed by atoms with Crippen LogP contribution in [0.25, 0.3) is 0 Å². The highest BCUT2D eigenvalue weighted by Gasteiger charge is 2.23. The van der Waals surface area contributed by atoms with Crippen molar-refractivity contribution in [1.29, 1.82) is 0 Å². The Morgan fingerprint density at radius 2 is 1.96 bits per heavy atom. The van der Waals surface area contributed by atoms with Crippen LogP contribution in [-0.4, -0.2) is 36.5 Å². The van der Waals surface area contributed by atoms with E-state index >= 15 is 0 Å². The molecule has 1 N–H and O–H groups in total. The summed E-state index contributed by atoms with van der Waals surface area (Å²) in [7, 11) is -1.64. The Hall–Kier alpha value is -2.35. The van der Waals surface area contributed by atoms with E-state index in [2.05, 4.69) is 10.4 Å². The predicted molar refractivity (Wildman–Crippen MR) is 103 cm³/mol. The minimum Gasteiger partial charge on any atom is -0.490 e. The van der Waals surface area contributed by atoms with Crippen LogP contribution in [-0.2, 0) is 29.7 Å². The Labute approximate surface area is 159 Å². The molecule has 0 spiro atoms. The number of fused-ring (bicyclic) bond motifs is 1. The fourth-order valence-electron chi connectivity index (χ4n) is 3.29. The van der Waals surface area contributed by atoms with Crippen molar-refractivity contribution in [3.8, 4) is 5.75 Å². The molecule has 27 heavy (non-hydrogen) atoms. The van der Waals surface area contributed by atoms with E-state index in [4.69, 9.17) is 4.74 Å². The third kappa shape index (κ3) is 4.16. The summed E-state index contributed by atoms with van der Waals surface area (Å²) in [4.78, 5) is 13.1. The molecule has 1 aromatic carbocycles. The Balaban J connectivity index is 1.99. The quantitative estimate of drug-likeness (QED) is 0.846. The van der Waals surface area contributed by atoms with Gasteiger partial charge in [-0.1, -0.05) is 0 Å². The SMILES string of the molecule is CC(C)Oc1ccc(S(C)(=O)=O)cc1C(=O)Nc1c2c(nn1C)CCCC2. The number of ether oxygens (including phenoxy) is 1. The molecule has 0 radical (unpaired) electrons. The summed E-state index contributed by atoms with van der Waals surface area (Å²) in [5.41, 5.74) is 2.27. The molecule has 0 saturated heterocycles. The highest BCUT2D eigenvalue weighted by Crippen LogP contribution is 2.29. The number of nitrogens with one attached hydrogen (secondary N) is 1. The molecule has 0 unspecified atom stereocenters. The molecule has 2 aromatic rings. The number of nitrogens with zero attached hydrogens (tertiary/aromatic N) is 2. The van der Waals surface area contributed by atoms with Gasteiger partial charge in [0, 0.05) is 18.9 Å². The highest BCUT2D eigenvalue weighted by molar-refractivity contribution is 7.90. The summed E-state index contributed by atoms with van der Waals surface area (Å²) in [5, 5.41) is 7.41. The van der Waals surface area contributed by atoms with Gasteiger partial charge < -0.3 is 10.1 Å². The molecule has 0 aliphatic heterocycles. The summed E-state index contributed by atoms with van der Waals surface area (Å²) in [6.45, 7) is 3.70. The molecule has 1 aliphatic carbocycles. The van der Waals surface area contributed by atoms with E-state index in [9.17, 15) is 13.2 Å². The van der Waals surface area contributed by atoms with Gasteiger partial charge in [-0.3, -0.25) is 9.48 Å². The van der Waals surface area contributed by atoms with Crippen molar-refractivity contribution < 1.29 is 17.9 Å². The fourth-order valence-corrected chi connectivity index (χ4v) is 3.93. The van der Waals surface area contributed by atoms with Gasteiger partial charge in [0.05, 0.1) is 22.3 Å². The van der Waals surface area contributed by atoms with Gasteiger partial charge in [-0.05, 0) is 57.7 Å². The number of sulfone groups is 1. The second-order valence-electron chi connectivity index (χ2n) is 7.16. The zero-order valence-electron chi connectivity index (χ0n) is 16.1. The van der Waals surface area contributed by atoms with Gasteiger partial charge in [0.2, 0.25) is 0 Å². The minimum absolute atomic E-state index is 0.0794. The van der Waals surface area contributed by atoms with Crippen molar-refractivity contribution in [2.24, 2.45) is 7.05 Å². The molecule has 7 nitrogen and oxygen atoms in total. The van der Waals surface area contributed by atoms with E-state index in [1.807, 2.05) is 13.8 Å². The van der Waals surface area contributed by atoms with Gasteiger partial charge >= 0.3 is 0 Å². The van der Waals surface area contributed by atoms with Crippen molar-refractivity contribution in [2.45, 2.75) is 50.5 Å². The number of anilines is 1. The third-order valence-electron chi connectivity index (χ3n) is 4.54. The molecule has 0 saturated carbocycles. The van der Waals surface area contributed by atoms with Crippen molar-refractivity contribution >= 4 is 21.6 Å². The van der Waals surface area contributed by atoms with Gasteiger partial charge in [-0.2, -0.15) is 5.10 Å². The maximum Gasteiger partial charge on any atom is 0.260 e. The number of amides is 1. The van der Waals surface area contributed by atoms with Crippen molar-refractivity contribution in [2.75, 3.05) is 11.6 Å². The molecule has 146 valence electrons. The Morgan fingerprint density at radius 1 is 1.26 bits per heavy atom. The van der Waals surface area contributed by atoms with Gasteiger partial charge in [0.25, 0.3) is 5.91 Å². The van der Waals surface area contributed by atoms with Gasteiger partial charge in [0.1, 0.15) is 11.6 Å². The lowest BCUT2D eigenvalue weighted by Crippen LogP contribution is -2.19. The number of aromatic nitrogens is 2. The van der Waals surface area contributed by atoms with Crippen LogP contribution in [0, 0.1) is 0 Å². The van der Waals surface area contributed by atoms with Crippen LogP contribution >= 0.6 is 0 Å². The lowest BCUT2D eigenvalue weighted by Gasteiger charge is -2.16. The van der Waals surface area contributed by atoms with Crippen LogP contribution in [0.4, 0.5) is 5.82 Å². The van der Waals surface area contributed by atoms with E-state index in [0.717, 1.165) is 43.2 Å². The smallest absolute Gasteiger partial charge is 0.260 e. The Bertz CT molecular complexity index is 977. The molecule has 1 aromatic heterocycles. The zero-order chi connectivity index (χ0) is 19.8. The van der Waals surface area contributed by atoms with Crippen LogP contribution in [0.2, 0.25) is 0 Å². The van der Waals surface area contributed by atoms with E-state index in [1.165, 1.54) is 18.2 Å². The highest BCUT2D eigenvalue weighted by atomic mass is 32.2. The maximum atomic E-state index is 13.0. The molecule has 0 atom stereocenters. The first-order chi connectivity index (χ1) is 12.7. The molecular weight excluding hydrogens is 366 g/mol. The van der Waals surface area contributed by atoms with Crippen LogP contribution in [0.15, 0.2) is 23.1 Å². The van der Waals surface area contributed by atoms with E-state index < -0.39 is 15.7 Å². The van der Waals surface area contributed by atoms with Crippen molar-refractivity contribution in [1.82, 2.24) is 9.78 Å². The van der Waals surface area contributed by atoms with Gasteiger partial charge in [-0.25, -0.2) is 8.42 Å². The number of carbonyl (C=O) groups is 1. The summed E-state index contributed by atoms with van der Waals surface area (Å²) in [6.07, 6.45) is 4.91. The van der Waals surface area contributed by atoms with Crippen LogP contribution in [0.3, 0.4) is 0 Å². The second-order valence-corrected chi connectivity index (χ2v) is 9.17. The molecular formula is C19H25N3O4S. The average molecular weight is 391 g/mol. The summed E-state index contributed by atoms with van der Waals surface area (Å²) in [5.74, 6) is 0.605.